The lowest BCUT2D eigenvalue weighted by Gasteiger charge is -2.30. The van der Waals surface area contributed by atoms with Crippen LogP contribution in [0.1, 0.15) is 18.1 Å². The number of pyridine rings is 1. The van der Waals surface area contributed by atoms with Crippen LogP contribution in [-0.4, -0.2) is 59.0 Å². The average molecular weight is 379 g/mol. The van der Waals surface area contributed by atoms with E-state index >= 15 is 0 Å². The van der Waals surface area contributed by atoms with Crippen molar-refractivity contribution in [2.45, 2.75) is 12.5 Å². The van der Waals surface area contributed by atoms with Crippen molar-refractivity contribution in [2.75, 3.05) is 38.2 Å². The van der Waals surface area contributed by atoms with Gasteiger partial charge in [-0.1, -0.05) is 0 Å². The minimum atomic E-state index is -0.410. The number of fused-ring (bicyclic) bond motifs is 2. The number of carbonyl (C=O) groups is 1. The van der Waals surface area contributed by atoms with E-state index in [1.165, 1.54) is 0 Å². The zero-order chi connectivity index (χ0) is 18.9. The van der Waals surface area contributed by atoms with Crippen molar-refractivity contribution in [3.8, 4) is 11.3 Å². The van der Waals surface area contributed by atoms with E-state index in [4.69, 9.17) is 9.47 Å². The zero-order valence-corrected chi connectivity index (χ0v) is 15.4. The number of rotatable bonds is 4. The van der Waals surface area contributed by atoms with Gasteiger partial charge >= 0.3 is 6.09 Å². The molecule has 8 nitrogen and oxygen atoms in total. The average Bonchev–Trinajstić information content (AvgIpc) is 3.14. The van der Waals surface area contributed by atoms with Gasteiger partial charge in [0.2, 0.25) is 0 Å². The standard InChI is InChI=1S/C20H21N5O3/c26-20-22-16-12-17-15(19(24-23-17)13-1-4-21-5-2-13)11-14(16)18(28-20)3-6-25-7-9-27-10-8-25/h1-2,4-5,11-12,18H,3,6-10H2,(H,22,26)(H,23,24). The van der Waals surface area contributed by atoms with E-state index in [1.807, 2.05) is 18.2 Å². The second-order valence-corrected chi connectivity index (χ2v) is 7.05. The van der Waals surface area contributed by atoms with Crippen LogP contribution >= 0.6 is 0 Å². The number of amides is 1. The number of nitrogens with zero attached hydrogens (tertiary/aromatic N) is 3. The highest BCUT2D eigenvalue weighted by atomic mass is 16.6. The van der Waals surface area contributed by atoms with Crippen LogP contribution in [0.2, 0.25) is 0 Å². The fourth-order valence-corrected chi connectivity index (χ4v) is 3.86. The third-order valence-corrected chi connectivity index (χ3v) is 5.33. The number of cyclic esters (lactones) is 1. The number of aromatic amines is 1. The maximum atomic E-state index is 12.1. The Labute approximate surface area is 161 Å². The maximum Gasteiger partial charge on any atom is 0.412 e. The van der Waals surface area contributed by atoms with Crippen LogP contribution in [0.25, 0.3) is 22.2 Å². The monoisotopic (exact) mass is 379 g/mol. The molecule has 1 atom stereocenters. The topological polar surface area (TPSA) is 92.4 Å². The van der Waals surface area contributed by atoms with Gasteiger partial charge in [0.25, 0.3) is 0 Å². The molecule has 1 amide bonds. The van der Waals surface area contributed by atoms with Crippen LogP contribution in [0.3, 0.4) is 0 Å². The van der Waals surface area contributed by atoms with Gasteiger partial charge in [0.05, 0.1) is 24.4 Å². The van der Waals surface area contributed by atoms with Crippen LogP contribution in [0.5, 0.6) is 0 Å². The second-order valence-electron chi connectivity index (χ2n) is 7.05. The highest BCUT2D eigenvalue weighted by Gasteiger charge is 2.28. The zero-order valence-electron chi connectivity index (χ0n) is 15.4. The number of nitrogens with one attached hydrogen (secondary N) is 2. The Kier molecular flexibility index (Phi) is 4.42. The Hall–Kier alpha value is -2.97. The van der Waals surface area contributed by atoms with Crippen molar-refractivity contribution in [1.82, 2.24) is 20.1 Å². The van der Waals surface area contributed by atoms with E-state index in [-0.39, 0.29) is 6.10 Å². The summed E-state index contributed by atoms with van der Waals surface area (Å²) in [5.74, 6) is 0. The number of ether oxygens (including phenoxy) is 2. The van der Waals surface area contributed by atoms with E-state index in [1.54, 1.807) is 12.4 Å². The molecule has 1 fully saturated rings. The first kappa shape index (κ1) is 17.2. The number of morpholine rings is 1. The molecular formula is C20H21N5O3. The molecule has 0 aliphatic carbocycles. The summed E-state index contributed by atoms with van der Waals surface area (Å²) in [5.41, 5.74) is 4.49. The molecule has 1 unspecified atom stereocenters. The first-order valence-electron chi connectivity index (χ1n) is 9.48. The largest absolute Gasteiger partial charge is 0.441 e. The quantitative estimate of drug-likeness (QED) is 0.724. The summed E-state index contributed by atoms with van der Waals surface area (Å²) < 4.78 is 11.0. The van der Waals surface area contributed by atoms with E-state index in [2.05, 4.69) is 31.5 Å². The first-order chi connectivity index (χ1) is 13.8. The SMILES string of the molecule is O=C1Nc2cc3[nH]nc(-c4ccncc4)c3cc2C(CCN2CCOCC2)O1. The lowest BCUT2D eigenvalue weighted by Crippen LogP contribution is -2.38. The fourth-order valence-electron chi connectivity index (χ4n) is 3.86. The number of carbonyl (C=O) groups excluding carboxylic acids is 1. The summed E-state index contributed by atoms with van der Waals surface area (Å²) in [4.78, 5) is 18.5. The Morgan fingerprint density at radius 3 is 2.82 bits per heavy atom. The maximum absolute atomic E-state index is 12.1. The molecule has 28 heavy (non-hydrogen) atoms. The Morgan fingerprint density at radius 1 is 1.18 bits per heavy atom. The Balaban J connectivity index is 1.48. The smallest absolute Gasteiger partial charge is 0.412 e. The minimum Gasteiger partial charge on any atom is -0.441 e. The normalized spacial score (nSPS) is 19.9. The van der Waals surface area contributed by atoms with Gasteiger partial charge in [-0.15, -0.1) is 0 Å². The number of benzene rings is 1. The molecule has 0 spiro atoms. The summed E-state index contributed by atoms with van der Waals surface area (Å²) in [6, 6.07) is 7.88. The van der Waals surface area contributed by atoms with E-state index in [0.29, 0.717) is 0 Å². The summed E-state index contributed by atoms with van der Waals surface area (Å²) in [6.07, 6.45) is 3.56. The van der Waals surface area contributed by atoms with Gasteiger partial charge in [-0.3, -0.25) is 20.3 Å². The third-order valence-electron chi connectivity index (χ3n) is 5.33. The minimum absolute atomic E-state index is 0.281. The molecule has 0 saturated carbocycles. The number of anilines is 1. The van der Waals surface area contributed by atoms with Crippen molar-refractivity contribution in [1.29, 1.82) is 0 Å². The van der Waals surface area contributed by atoms with Crippen LogP contribution in [0.4, 0.5) is 10.5 Å². The van der Waals surface area contributed by atoms with E-state index in [9.17, 15) is 4.79 Å². The van der Waals surface area contributed by atoms with Crippen molar-refractivity contribution < 1.29 is 14.3 Å². The third kappa shape index (κ3) is 3.21. The Morgan fingerprint density at radius 2 is 2.00 bits per heavy atom. The number of H-pyrrole nitrogens is 1. The number of hydrogen-bond acceptors (Lipinski definition) is 6. The molecule has 0 radical (unpaired) electrons. The van der Waals surface area contributed by atoms with Crippen molar-refractivity contribution in [2.24, 2.45) is 0 Å². The molecule has 4 heterocycles. The van der Waals surface area contributed by atoms with E-state index < -0.39 is 6.09 Å². The lowest BCUT2D eigenvalue weighted by atomic mass is 9.98. The van der Waals surface area contributed by atoms with Gasteiger partial charge in [0, 0.05) is 55.0 Å². The molecule has 0 bridgehead atoms. The predicted octanol–water partition coefficient (Wildman–Crippen LogP) is 2.95. The van der Waals surface area contributed by atoms with Gasteiger partial charge < -0.3 is 9.47 Å². The van der Waals surface area contributed by atoms with Crippen molar-refractivity contribution in [3.63, 3.8) is 0 Å². The van der Waals surface area contributed by atoms with Crippen LogP contribution in [0.15, 0.2) is 36.7 Å². The van der Waals surface area contributed by atoms with Gasteiger partial charge in [0.15, 0.2) is 0 Å². The lowest BCUT2D eigenvalue weighted by molar-refractivity contribution is 0.0275. The Bertz CT molecular complexity index is 998. The first-order valence-corrected chi connectivity index (χ1v) is 9.48. The summed E-state index contributed by atoms with van der Waals surface area (Å²) in [7, 11) is 0. The molecular weight excluding hydrogens is 358 g/mol. The molecule has 2 aromatic heterocycles. The number of hydrogen-bond donors (Lipinski definition) is 2. The molecule has 3 aromatic rings. The molecule has 8 heteroatoms. The van der Waals surface area contributed by atoms with Crippen molar-refractivity contribution >= 4 is 22.7 Å². The predicted molar refractivity (Wildman–Crippen MR) is 104 cm³/mol. The molecule has 2 aliphatic rings. The highest BCUT2D eigenvalue weighted by molar-refractivity contribution is 5.98. The van der Waals surface area contributed by atoms with E-state index in [0.717, 1.165) is 72.7 Å². The molecule has 1 aromatic carbocycles. The van der Waals surface area contributed by atoms with Gasteiger partial charge in [-0.05, 0) is 24.3 Å². The molecule has 2 N–H and O–H groups in total. The molecule has 5 rings (SSSR count). The van der Waals surface area contributed by atoms with Gasteiger partial charge in [0.1, 0.15) is 11.8 Å². The number of aromatic nitrogens is 3. The summed E-state index contributed by atoms with van der Waals surface area (Å²) in [6.45, 7) is 4.21. The highest BCUT2D eigenvalue weighted by Crippen LogP contribution is 2.38. The van der Waals surface area contributed by atoms with Crippen LogP contribution in [0, 0.1) is 0 Å². The summed E-state index contributed by atoms with van der Waals surface area (Å²) >= 11 is 0. The summed E-state index contributed by atoms with van der Waals surface area (Å²) in [5, 5.41) is 11.4. The van der Waals surface area contributed by atoms with Crippen LogP contribution < -0.4 is 5.32 Å². The molecule has 1 saturated heterocycles. The van der Waals surface area contributed by atoms with Gasteiger partial charge in [-0.25, -0.2) is 4.79 Å². The van der Waals surface area contributed by atoms with Gasteiger partial charge in [-0.2, -0.15) is 5.10 Å². The second kappa shape index (κ2) is 7.21. The van der Waals surface area contributed by atoms with Crippen LogP contribution in [-0.2, 0) is 9.47 Å². The van der Waals surface area contributed by atoms with Crippen molar-refractivity contribution in [3.05, 3.63) is 42.2 Å². The molecule has 2 aliphatic heterocycles. The molecule has 144 valence electrons. The fraction of sp³-hybridized carbons (Fsp3) is 0.350.